The second-order valence-corrected chi connectivity index (χ2v) is 5.07. The van der Waals surface area contributed by atoms with Crippen molar-refractivity contribution in [3.05, 3.63) is 42.5 Å². The van der Waals surface area contributed by atoms with Crippen LogP contribution in [0.2, 0.25) is 0 Å². The van der Waals surface area contributed by atoms with E-state index in [1.165, 1.54) is 0 Å². The number of hydrogen-bond donors (Lipinski definition) is 3. The Hall–Kier alpha value is -1.85. The van der Waals surface area contributed by atoms with E-state index in [1.54, 1.807) is 30.3 Å². The lowest BCUT2D eigenvalue weighted by Crippen LogP contribution is -2.43. The summed E-state index contributed by atoms with van der Waals surface area (Å²) in [5.74, 6) is -0.166. The highest BCUT2D eigenvalue weighted by molar-refractivity contribution is 5.97. The van der Waals surface area contributed by atoms with Crippen molar-refractivity contribution in [2.45, 2.75) is 25.3 Å². The van der Waals surface area contributed by atoms with Crippen LogP contribution in [-0.4, -0.2) is 30.9 Å². The van der Waals surface area contributed by atoms with Crippen molar-refractivity contribution in [2.75, 3.05) is 18.4 Å². The Labute approximate surface area is 137 Å². The SMILES string of the molecule is C=CCNC(=O)c1ccc(NC(=O)[C@H]2CCCCN2)cc1.Cl. The van der Waals surface area contributed by atoms with Gasteiger partial charge in [-0.05, 0) is 43.7 Å². The van der Waals surface area contributed by atoms with Crippen LogP contribution < -0.4 is 16.0 Å². The number of hydrogen-bond acceptors (Lipinski definition) is 3. The molecule has 0 radical (unpaired) electrons. The highest BCUT2D eigenvalue weighted by Gasteiger charge is 2.20. The molecule has 2 rings (SSSR count). The Bertz CT molecular complexity index is 511. The first-order valence-electron chi connectivity index (χ1n) is 7.24. The van der Waals surface area contributed by atoms with Crippen LogP contribution in [0.4, 0.5) is 5.69 Å². The summed E-state index contributed by atoms with van der Waals surface area (Å²) in [6.07, 6.45) is 4.70. The maximum absolute atomic E-state index is 12.1. The van der Waals surface area contributed by atoms with Crippen LogP contribution in [0, 0.1) is 0 Å². The molecule has 1 aromatic rings. The van der Waals surface area contributed by atoms with Gasteiger partial charge >= 0.3 is 0 Å². The number of carbonyl (C=O) groups is 2. The minimum Gasteiger partial charge on any atom is -0.349 e. The predicted molar refractivity (Wildman–Crippen MR) is 90.5 cm³/mol. The van der Waals surface area contributed by atoms with Crippen LogP contribution in [0.1, 0.15) is 29.6 Å². The number of nitrogens with one attached hydrogen (secondary N) is 3. The molecule has 3 N–H and O–H groups in total. The second-order valence-electron chi connectivity index (χ2n) is 5.07. The van der Waals surface area contributed by atoms with Gasteiger partial charge in [0.15, 0.2) is 0 Å². The van der Waals surface area contributed by atoms with Gasteiger partial charge in [-0.2, -0.15) is 0 Å². The van der Waals surface area contributed by atoms with E-state index >= 15 is 0 Å². The van der Waals surface area contributed by atoms with Crippen LogP contribution in [0.25, 0.3) is 0 Å². The highest BCUT2D eigenvalue weighted by Crippen LogP contribution is 2.13. The van der Waals surface area contributed by atoms with Gasteiger partial charge in [0.1, 0.15) is 0 Å². The normalized spacial score (nSPS) is 17.0. The van der Waals surface area contributed by atoms with Gasteiger partial charge in [-0.3, -0.25) is 9.59 Å². The van der Waals surface area contributed by atoms with Crippen molar-refractivity contribution >= 4 is 29.9 Å². The fourth-order valence-electron chi connectivity index (χ4n) is 2.28. The fraction of sp³-hybridized carbons (Fsp3) is 0.375. The predicted octanol–water partition coefficient (Wildman–Crippen LogP) is 2.10. The number of carbonyl (C=O) groups excluding carboxylic acids is 2. The lowest BCUT2D eigenvalue weighted by molar-refractivity contribution is -0.118. The third-order valence-corrected chi connectivity index (χ3v) is 3.45. The van der Waals surface area contributed by atoms with E-state index in [-0.39, 0.29) is 30.3 Å². The maximum atomic E-state index is 12.1. The molecule has 0 aliphatic carbocycles. The summed E-state index contributed by atoms with van der Waals surface area (Å²) in [5, 5.41) is 8.78. The number of amides is 2. The molecule has 0 bridgehead atoms. The van der Waals surface area contributed by atoms with Crippen LogP contribution in [0.3, 0.4) is 0 Å². The lowest BCUT2D eigenvalue weighted by atomic mass is 10.0. The summed E-state index contributed by atoms with van der Waals surface area (Å²) in [4.78, 5) is 23.8. The van der Waals surface area contributed by atoms with Crippen molar-refractivity contribution in [1.29, 1.82) is 0 Å². The second kappa shape index (κ2) is 9.23. The monoisotopic (exact) mass is 323 g/mol. The zero-order valence-corrected chi connectivity index (χ0v) is 13.2. The van der Waals surface area contributed by atoms with Crippen molar-refractivity contribution in [3.8, 4) is 0 Å². The molecule has 0 saturated carbocycles. The lowest BCUT2D eigenvalue weighted by Gasteiger charge is -2.22. The summed E-state index contributed by atoms with van der Waals surface area (Å²) in [7, 11) is 0. The van der Waals surface area contributed by atoms with Gasteiger partial charge in [0.25, 0.3) is 5.91 Å². The van der Waals surface area contributed by atoms with Crippen molar-refractivity contribution < 1.29 is 9.59 Å². The molecule has 120 valence electrons. The van der Waals surface area contributed by atoms with Crippen molar-refractivity contribution in [2.24, 2.45) is 0 Å². The number of rotatable bonds is 5. The van der Waals surface area contributed by atoms with Crippen molar-refractivity contribution in [3.63, 3.8) is 0 Å². The van der Waals surface area contributed by atoms with Crippen LogP contribution in [0.5, 0.6) is 0 Å². The van der Waals surface area contributed by atoms with E-state index in [2.05, 4.69) is 22.5 Å². The zero-order valence-electron chi connectivity index (χ0n) is 12.4. The minimum atomic E-state index is -0.151. The third-order valence-electron chi connectivity index (χ3n) is 3.45. The summed E-state index contributed by atoms with van der Waals surface area (Å²) in [6, 6.07) is 6.76. The van der Waals surface area contributed by atoms with E-state index in [4.69, 9.17) is 0 Å². The first-order valence-corrected chi connectivity index (χ1v) is 7.24. The largest absolute Gasteiger partial charge is 0.349 e. The summed E-state index contributed by atoms with van der Waals surface area (Å²) in [5.41, 5.74) is 1.26. The van der Waals surface area contributed by atoms with Crippen LogP contribution in [-0.2, 0) is 4.79 Å². The van der Waals surface area contributed by atoms with E-state index in [0.717, 1.165) is 25.8 Å². The molecule has 0 aromatic heterocycles. The van der Waals surface area contributed by atoms with Crippen LogP contribution >= 0.6 is 12.4 Å². The molecule has 0 spiro atoms. The van der Waals surface area contributed by atoms with Gasteiger partial charge in [-0.1, -0.05) is 12.5 Å². The summed E-state index contributed by atoms with van der Waals surface area (Å²) < 4.78 is 0. The molecule has 1 aliphatic heterocycles. The van der Waals surface area contributed by atoms with Gasteiger partial charge in [0, 0.05) is 17.8 Å². The third kappa shape index (κ3) is 5.16. The molecule has 1 saturated heterocycles. The van der Waals surface area contributed by atoms with E-state index in [1.807, 2.05) is 0 Å². The van der Waals surface area contributed by atoms with E-state index in [9.17, 15) is 9.59 Å². The molecule has 1 aromatic carbocycles. The Morgan fingerprint density at radius 3 is 2.59 bits per heavy atom. The van der Waals surface area contributed by atoms with Gasteiger partial charge in [-0.15, -0.1) is 19.0 Å². The molecule has 0 unspecified atom stereocenters. The molecular formula is C16H22ClN3O2. The first-order chi connectivity index (χ1) is 10.2. The van der Waals surface area contributed by atoms with E-state index in [0.29, 0.717) is 17.8 Å². The average Bonchev–Trinajstić information content (AvgIpc) is 2.54. The maximum Gasteiger partial charge on any atom is 0.251 e. The number of piperidine rings is 1. The van der Waals surface area contributed by atoms with Gasteiger partial charge in [-0.25, -0.2) is 0 Å². The molecule has 5 nitrogen and oxygen atoms in total. The Balaban J connectivity index is 0.00000242. The highest BCUT2D eigenvalue weighted by atomic mass is 35.5. The smallest absolute Gasteiger partial charge is 0.251 e. The topological polar surface area (TPSA) is 70.2 Å². The number of anilines is 1. The molecule has 1 atom stereocenters. The van der Waals surface area contributed by atoms with Gasteiger partial charge < -0.3 is 16.0 Å². The number of benzene rings is 1. The summed E-state index contributed by atoms with van der Waals surface area (Å²) in [6.45, 7) is 4.87. The first kappa shape index (κ1) is 18.2. The Morgan fingerprint density at radius 2 is 2.00 bits per heavy atom. The molecular weight excluding hydrogens is 302 g/mol. The molecule has 2 amide bonds. The van der Waals surface area contributed by atoms with E-state index < -0.39 is 0 Å². The Morgan fingerprint density at radius 1 is 1.27 bits per heavy atom. The fourth-order valence-corrected chi connectivity index (χ4v) is 2.28. The number of halogens is 1. The molecule has 1 aliphatic rings. The zero-order chi connectivity index (χ0) is 15.1. The standard InChI is InChI=1S/C16H21N3O2.ClH/c1-2-10-18-15(20)12-6-8-13(9-7-12)19-16(21)14-5-3-4-11-17-14;/h2,6-9,14,17H,1,3-5,10-11H2,(H,18,20)(H,19,21);1H/t14-;/m1./s1. The van der Waals surface area contributed by atoms with Crippen molar-refractivity contribution in [1.82, 2.24) is 10.6 Å². The molecule has 6 heteroatoms. The van der Waals surface area contributed by atoms with Crippen LogP contribution in [0.15, 0.2) is 36.9 Å². The quantitative estimate of drug-likeness (QED) is 0.727. The average molecular weight is 324 g/mol. The Kier molecular flexibility index (Phi) is 7.63. The molecule has 1 fully saturated rings. The summed E-state index contributed by atoms with van der Waals surface area (Å²) >= 11 is 0. The van der Waals surface area contributed by atoms with Gasteiger partial charge in [0.05, 0.1) is 6.04 Å². The molecule has 22 heavy (non-hydrogen) atoms. The minimum absolute atomic E-state index is 0. The molecule has 1 heterocycles. The van der Waals surface area contributed by atoms with Gasteiger partial charge in [0.2, 0.25) is 5.91 Å².